The molecule has 54 heavy (non-hydrogen) atoms. The van der Waals surface area contributed by atoms with Crippen LogP contribution in [0.15, 0.2) is 97.2 Å². The SMILES string of the molecule is C=CCCOC(=O)N(Cc1ccc(F)cc1)[C@H]1CC(=NOC)C2=C[C@H](CCCCO)[C@@H](CCCCO)[C@@H]3c4cc(OCC=C)ccc4O[C@@]1(OCC=C)[C@H]23. The van der Waals surface area contributed by atoms with Gasteiger partial charge in [0.25, 0.3) is 0 Å². The second-order valence-corrected chi connectivity index (χ2v) is 14.0. The van der Waals surface area contributed by atoms with E-state index >= 15 is 0 Å². The predicted octanol–water partition coefficient (Wildman–Crippen LogP) is 7.87. The molecule has 0 aromatic heterocycles. The highest BCUT2D eigenvalue weighted by Crippen LogP contribution is 2.62. The Morgan fingerprint density at radius 2 is 1.76 bits per heavy atom. The van der Waals surface area contributed by atoms with Gasteiger partial charge in [0.1, 0.15) is 37.1 Å². The topological polar surface area (TPSA) is 119 Å². The number of hydrogen-bond acceptors (Lipinski definition) is 9. The van der Waals surface area contributed by atoms with E-state index in [0.29, 0.717) is 48.6 Å². The first-order valence-corrected chi connectivity index (χ1v) is 19.0. The van der Waals surface area contributed by atoms with Gasteiger partial charge in [-0.3, -0.25) is 4.90 Å². The first-order valence-electron chi connectivity index (χ1n) is 19.0. The third kappa shape index (κ3) is 9.08. The maximum atomic E-state index is 14.3. The van der Waals surface area contributed by atoms with Crippen molar-refractivity contribution < 1.29 is 43.2 Å². The maximum absolute atomic E-state index is 14.3. The van der Waals surface area contributed by atoms with Gasteiger partial charge < -0.3 is 34.0 Å². The first kappa shape index (κ1) is 40.7. The standard InChI is InChI=1S/C43H55FN2O8/c1-5-8-25-52-42(49)46(29-30-15-17-32(44)18-16-30)39-28-37(45-50-4)35-26-31(13-9-11-21-47)34(14-10-12-22-48)40-36-27-33(51-23-6-2)19-20-38(36)54-43(39,41(35)40)53-24-7-3/h5-7,15-20,26-27,31,34,39-41,47-48H,1-3,8-14,21-25,28-29H2,4H3/t31-,34+,39-,40+,41+,43+/m0/s1. The van der Waals surface area contributed by atoms with Crippen molar-refractivity contribution in [2.24, 2.45) is 22.9 Å². The Bertz CT molecular complexity index is 1640. The number of benzene rings is 2. The van der Waals surface area contributed by atoms with Crippen LogP contribution < -0.4 is 9.47 Å². The van der Waals surface area contributed by atoms with E-state index in [0.717, 1.165) is 36.8 Å². The molecule has 0 spiro atoms. The molecular weight excluding hydrogens is 691 g/mol. The van der Waals surface area contributed by atoms with Gasteiger partial charge in [0, 0.05) is 37.7 Å². The van der Waals surface area contributed by atoms with Crippen LogP contribution in [0.4, 0.5) is 9.18 Å². The van der Waals surface area contributed by atoms with Crippen molar-refractivity contribution in [1.82, 2.24) is 4.90 Å². The second kappa shape index (κ2) is 19.8. The summed E-state index contributed by atoms with van der Waals surface area (Å²) >= 11 is 0. The summed E-state index contributed by atoms with van der Waals surface area (Å²) in [7, 11) is 1.51. The molecule has 0 bridgehead atoms. The van der Waals surface area contributed by atoms with Crippen molar-refractivity contribution in [3.63, 3.8) is 0 Å². The van der Waals surface area contributed by atoms with Crippen molar-refractivity contribution in [3.8, 4) is 11.5 Å². The Balaban J connectivity index is 1.77. The molecule has 2 N–H and O–H groups in total. The number of carbonyl (C=O) groups excluding carboxylic acids is 1. The normalized spacial score (nSPS) is 24.6. The third-order valence-corrected chi connectivity index (χ3v) is 10.6. The van der Waals surface area contributed by atoms with Gasteiger partial charge in [-0.15, -0.1) is 13.2 Å². The van der Waals surface area contributed by atoms with Gasteiger partial charge in [-0.25, -0.2) is 9.18 Å². The van der Waals surface area contributed by atoms with Gasteiger partial charge in [0.2, 0.25) is 5.79 Å². The number of oxime groups is 1. The van der Waals surface area contributed by atoms with E-state index in [1.165, 1.54) is 19.2 Å². The van der Waals surface area contributed by atoms with Gasteiger partial charge in [-0.1, -0.05) is 61.0 Å². The van der Waals surface area contributed by atoms with E-state index in [9.17, 15) is 19.4 Å². The molecule has 1 amide bonds. The number of fused-ring (bicyclic) bond motifs is 2. The summed E-state index contributed by atoms with van der Waals surface area (Å²) in [6, 6.07) is 11.0. The summed E-state index contributed by atoms with van der Waals surface area (Å²) < 4.78 is 40.2. The summed E-state index contributed by atoms with van der Waals surface area (Å²) in [5, 5.41) is 24.2. The highest BCUT2D eigenvalue weighted by molar-refractivity contribution is 6.02. The number of aliphatic hydroxyl groups excluding tert-OH is 2. The van der Waals surface area contributed by atoms with Crippen LogP contribution >= 0.6 is 0 Å². The lowest BCUT2D eigenvalue weighted by Gasteiger charge is -2.59. The van der Waals surface area contributed by atoms with Crippen LogP contribution in [0, 0.1) is 23.6 Å². The fourth-order valence-corrected chi connectivity index (χ4v) is 8.40. The molecule has 0 unspecified atom stereocenters. The van der Waals surface area contributed by atoms with E-state index in [4.69, 9.17) is 23.8 Å². The molecule has 3 aliphatic rings. The van der Waals surface area contributed by atoms with Crippen molar-refractivity contribution in [2.45, 2.75) is 75.7 Å². The minimum Gasteiger partial charge on any atom is -0.490 e. The van der Waals surface area contributed by atoms with Crippen molar-refractivity contribution in [3.05, 3.63) is 109 Å². The Kier molecular flexibility index (Phi) is 14.9. The molecule has 2 aliphatic carbocycles. The van der Waals surface area contributed by atoms with Crippen LogP contribution in [0.1, 0.15) is 68.4 Å². The zero-order chi connectivity index (χ0) is 38.5. The number of rotatable bonds is 21. The highest BCUT2D eigenvalue weighted by Gasteiger charge is 2.65. The summed E-state index contributed by atoms with van der Waals surface area (Å²) in [5.41, 5.74) is 3.21. The smallest absolute Gasteiger partial charge is 0.410 e. The molecule has 11 heteroatoms. The summed E-state index contributed by atoms with van der Waals surface area (Å²) in [5.74, 6) is -1.13. The van der Waals surface area contributed by atoms with Gasteiger partial charge in [0.05, 0.1) is 24.8 Å². The number of carbonyl (C=O) groups is 1. The number of amides is 1. The molecule has 6 atom stereocenters. The van der Waals surface area contributed by atoms with Crippen LogP contribution in [0.25, 0.3) is 0 Å². The number of allylic oxidation sites excluding steroid dienone is 1. The van der Waals surface area contributed by atoms with Gasteiger partial charge in [-0.2, -0.15) is 0 Å². The molecule has 0 radical (unpaired) electrons. The average Bonchev–Trinajstić information content (AvgIpc) is 3.18. The Morgan fingerprint density at radius 1 is 1.02 bits per heavy atom. The maximum Gasteiger partial charge on any atom is 0.410 e. The van der Waals surface area contributed by atoms with E-state index in [1.807, 2.05) is 18.2 Å². The Morgan fingerprint density at radius 3 is 2.44 bits per heavy atom. The van der Waals surface area contributed by atoms with Crippen molar-refractivity contribution >= 4 is 11.8 Å². The van der Waals surface area contributed by atoms with E-state index in [-0.39, 0.29) is 63.0 Å². The fourth-order valence-electron chi connectivity index (χ4n) is 8.40. The Hall–Kier alpha value is -4.45. The van der Waals surface area contributed by atoms with E-state index in [2.05, 4.69) is 31.0 Å². The number of ether oxygens (including phenoxy) is 4. The summed E-state index contributed by atoms with van der Waals surface area (Å²) in [6.07, 6.45) is 12.0. The highest BCUT2D eigenvalue weighted by atomic mass is 19.1. The fraction of sp³-hybridized carbons (Fsp3) is 0.488. The van der Waals surface area contributed by atoms with Gasteiger partial charge >= 0.3 is 6.09 Å². The molecule has 1 fully saturated rings. The molecule has 1 aliphatic heterocycles. The minimum absolute atomic E-state index is 0.0561. The summed E-state index contributed by atoms with van der Waals surface area (Å²) in [4.78, 5) is 21.4. The quantitative estimate of drug-likeness (QED) is 0.0753. The molecule has 1 saturated carbocycles. The molecule has 2 aromatic rings. The molecule has 1 heterocycles. The number of unbranched alkanes of at least 4 members (excludes halogenated alkanes) is 2. The molecule has 2 aromatic carbocycles. The van der Waals surface area contributed by atoms with E-state index < -0.39 is 23.8 Å². The van der Waals surface area contributed by atoms with Crippen molar-refractivity contribution in [2.75, 3.05) is 40.1 Å². The number of aliphatic hydroxyl groups is 2. The predicted molar refractivity (Wildman–Crippen MR) is 206 cm³/mol. The van der Waals surface area contributed by atoms with Crippen LogP contribution in [-0.4, -0.2) is 78.9 Å². The largest absolute Gasteiger partial charge is 0.490 e. The number of hydrogen-bond donors (Lipinski definition) is 2. The minimum atomic E-state index is -1.46. The lowest BCUT2D eigenvalue weighted by atomic mass is 9.55. The zero-order valence-corrected chi connectivity index (χ0v) is 31.4. The van der Waals surface area contributed by atoms with Crippen molar-refractivity contribution in [1.29, 1.82) is 0 Å². The van der Waals surface area contributed by atoms with Gasteiger partial charge in [-0.05, 0) is 85.4 Å². The molecule has 0 saturated heterocycles. The Labute approximate surface area is 318 Å². The lowest BCUT2D eigenvalue weighted by molar-refractivity contribution is -0.256. The summed E-state index contributed by atoms with van der Waals surface area (Å²) in [6.45, 7) is 12.4. The molecule has 292 valence electrons. The van der Waals surface area contributed by atoms with Crippen LogP contribution in [-0.2, 0) is 20.9 Å². The van der Waals surface area contributed by atoms with Gasteiger partial charge in [0.15, 0.2) is 0 Å². The second-order valence-electron chi connectivity index (χ2n) is 14.0. The third-order valence-electron chi connectivity index (χ3n) is 10.6. The molecular formula is C43H55FN2O8. The van der Waals surface area contributed by atoms with Crippen LogP contribution in [0.5, 0.6) is 11.5 Å². The average molecular weight is 747 g/mol. The van der Waals surface area contributed by atoms with Crippen LogP contribution in [0.2, 0.25) is 0 Å². The molecule has 5 rings (SSSR count). The first-order chi connectivity index (χ1) is 26.3. The number of halogens is 1. The monoisotopic (exact) mass is 746 g/mol. The zero-order valence-electron chi connectivity index (χ0n) is 31.4. The molecule has 10 nitrogen and oxygen atoms in total. The van der Waals surface area contributed by atoms with Crippen LogP contribution in [0.3, 0.4) is 0 Å². The van der Waals surface area contributed by atoms with E-state index in [1.54, 1.807) is 35.3 Å². The number of nitrogens with zero attached hydrogens (tertiary/aromatic N) is 2. The lowest BCUT2D eigenvalue weighted by Crippen LogP contribution is -2.70.